The van der Waals surface area contributed by atoms with Crippen LogP contribution in [0.2, 0.25) is 0 Å². The highest BCUT2D eigenvalue weighted by atomic mass is 16.7. The number of ether oxygens (including phenoxy) is 6. The Morgan fingerprint density at radius 3 is 1.40 bits per heavy atom. The SMILES string of the molecule is CCCCCCCCCCCCCCO[C@@H]1[C@@H](OCCCCCCCCCCCCCC)[C@@H](OC)O[C@H](C=NOC)[C@H]1OCc1ccc(OC)cc1. The summed E-state index contributed by atoms with van der Waals surface area (Å²) in [4.78, 5) is 5.05. The summed E-state index contributed by atoms with van der Waals surface area (Å²) in [6.45, 7) is 6.21. The molecule has 8 nitrogen and oxygen atoms in total. The van der Waals surface area contributed by atoms with Crippen molar-refractivity contribution in [2.45, 2.75) is 205 Å². The van der Waals surface area contributed by atoms with Gasteiger partial charge in [-0.2, -0.15) is 0 Å². The predicted molar refractivity (Wildman–Crippen MR) is 214 cm³/mol. The quantitative estimate of drug-likeness (QED) is 0.0390. The number of methoxy groups -OCH3 is 2. The van der Waals surface area contributed by atoms with E-state index in [-0.39, 0.29) is 0 Å². The minimum atomic E-state index is -0.613. The van der Waals surface area contributed by atoms with Crippen molar-refractivity contribution in [3.63, 3.8) is 0 Å². The molecule has 0 amide bonds. The van der Waals surface area contributed by atoms with Crippen molar-refractivity contribution in [3.8, 4) is 5.75 Å². The van der Waals surface area contributed by atoms with Crippen LogP contribution in [-0.4, -0.2) is 71.5 Å². The van der Waals surface area contributed by atoms with Gasteiger partial charge in [0.15, 0.2) is 6.29 Å². The average Bonchev–Trinajstić information content (AvgIpc) is 3.17. The highest BCUT2D eigenvalue weighted by Gasteiger charge is 2.48. The Labute approximate surface area is 319 Å². The topological polar surface area (TPSA) is 77.0 Å². The Morgan fingerprint density at radius 2 is 0.981 bits per heavy atom. The lowest BCUT2D eigenvalue weighted by atomic mass is 9.98. The van der Waals surface area contributed by atoms with Gasteiger partial charge in [0.2, 0.25) is 0 Å². The van der Waals surface area contributed by atoms with Gasteiger partial charge in [0.05, 0.1) is 19.9 Å². The molecule has 0 radical (unpaired) electrons. The van der Waals surface area contributed by atoms with Crippen LogP contribution in [0, 0.1) is 0 Å². The molecule has 0 aromatic heterocycles. The van der Waals surface area contributed by atoms with Crippen molar-refractivity contribution in [2.75, 3.05) is 34.5 Å². The molecule has 1 aromatic carbocycles. The Bertz CT molecular complexity index is 945. The summed E-state index contributed by atoms with van der Waals surface area (Å²) in [6.07, 6.45) is 30.6. The van der Waals surface area contributed by atoms with Gasteiger partial charge in [-0.25, -0.2) is 0 Å². The molecule has 8 heteroatoms. The highest BCUT2D eigenvalue weighted by molar-refractivity contribution is 5.64. The number of benzene rings is 1. The first-order valence-electron chi connectivity index (χ1n) is 21.4. The van der Waals surface area contributed by atoms with Crippen molar-refractivity contribution in [1.82, 2.24) is 0 Å². The molecule has 1 fully saturated rings. The largest absolute Gasteiger partial charge is 0.497 e. The van der Waals surface area contributed by atoms with Crippen LogP contribution in [0.15, 0.2) is 29.4 Å². The lowest BCUT2D eigenvalue weighted by Gasteiger charge is -2.44. The number of rotatable bonds is 35. The zero-order chi connectivity index (χ0) is 37.3. The molecule has 0 unspecified atom stereocenters. The second-order valence-electron chi connectivity index (χ2n) is 14.7. The minimum Gasteiger partial charge on any atom is -0.497 e. The van der Waals surface area contributed by atoms with E-state index in [0.29, 0.717) is 19.8 Å². The van der Waals surface area contributed by atoms with Gasteiger partial charge in [-0.3, -0.25) is 0 Å². The standard InChI is InChI=1S/C44H79NO7/c1-6-8-10-12-14-16-18-20-22-24-26-28-34-49-42-41(51-37-38-30-32-39(46-3)33-31-38)40(36-45-48-5)52-44(47-4)43(42)50-35-29-27-25-23-21-19-17-15-13-11-9-7-2/h30-33,36,40-44H,6-29,34-35,37H2,1-5H3/t40-,41-,42+,43-,44+/m1/s1. The third kappa shape index (κ3) is 21.2. The second kappa shape index (κ2) is 32.7. The predicted octanol–water partition coefficient (Wildman–Crippen LogP) is 11.8. The number of nitrogens with zero attached hydrogens (tertiary/aromatic N) is 1. The lowest BCUT2D eigenvalue weighted by molar-refractivity contribution is -0.301. The summed E-state index contributed by atoms with van der Waals surface area (Å²) < 4.78 is 37.5. The van der Waals surface area contributed by atoms with E-state index in [4.69, 9.17) is 33.3 Å². The van der Waals surface area contributed by atoms with Crippen molar-refractivity contribution >= 4 is 6.21 Å². The van der Waals surface area contributed by atoms with E-state index in [9.17, 15) is 0 Å². The van der Waals surface area contributed by atoms with Crippen LogP contribution in [0.25, 0.3) is 0 Å². The summed E-state index contributed by atoms with van der Waals surface area (Å²) >= 11 is 0. The molecule has 1 heterocycles. The zero-order valence-electron chi connectivity index (χ0n) is 34.2. The first-order chi connectivity index (χ1) is 25.7. The summed E-state index contributed by atoms with van der Waals surface area (Å²) in [6, 6.07) is 7.93. The van der Waals surface area contributed by atoms with Crippen molar-refractivity contribution < 1.29 is 33.3 Å². The summed E-state index contributed by atoms with van der Waals surface area (Å²) in [5, 5.41) is 4.06. The minimum absolute atomic E-state index is 0.386. The van der Waals surface area contributed by atoms with Crippen LogP contribution in [0.3, 0.4) is 0 Å². The Morgan fingerprint density at radius 1 is 0.538 bits per heavy atom. The molecule has 0 saturated carbocycles. The Balaban J connectivity index is 1.92. The molecule has 302 valence electrons. The molecule has 52 heavy (non-hydrogen) atoms. The molecule has 0 N–H and O–H groups in total. The maximum Gasteiger partial charge on any atom is 0.186 e. The van der Waals surface area contributed by atoms with Gasteiger partial charge in [-0.15, -0.1) is 0 Å². The van der Waals surface area contributed by atoms with E-state index in [0.717, 1.165) is 37.0 Å². The second-order valence-corrected chi connectivity index (χ2v) is 14.7. The molecule has 1 aromatic rings. The van der Waals surface area contributed by atoms with E-state index < -0.39 is 30.7 Å². The van der Waals surface area contributed by atoms with E-state index in [1.807, 2.05) is 24.3 Å². The zero-order valence-corrected chi connectivity index (χ0v) is 34.2. The van der Waals surface area contributed by atoms with E-state index in [2.05, 4.69) is 19.0 Å². The van der Waals surface area contributed by atoms with Crippen LogP contribution in [0.4, 0.5) is 0 Å². The van der Waals surface area contributed by atoms with Crippen LogP contribution >= 0.6 is 0 Å². The third-order valence-corrected chi connectivity index (χ3v) is 10.3. The molecule has 0 aliphatic carbocycles. The third-order valence-electron chi connectivity index (χ3n) is 10.3. The van der Waals surface area contributed by atoms with Gasteiger partial charge >= 0.3 is 0 Å². The van der Waals surface area contributed by atoms with Crippen LogP contribution in [0.1, 0.15) is 174 Å². The number of unbranched alkanes of at least 4 members (excludes halogenated alkanes) is 22. The van der Waals surface area contributed by atoms with Crippen LogP contribution in [-0.2, 0) is 35.1 Å². The van der Waals surface area contributed by atoms with E-state index in [1.54, 1.807) is 20.4 Å². The highest BCUT2D eigenvalue weighted by Crippen LogP contribution is 2.30. The summed E-state index contributed by atoms with van der Waals surface area (Å²) in [5.74, 6) is 0.813. The van der Waals surface area contributed by atoms with Crippen molar-refractivity contribution in [2.24, 2.45) is 5.16 Å². The Hall–Kier alpha value is -1.71. The normalized spacial score (nSPS) is 20.5. The van der Waals surface area contributed by atoms with Crippen molar-refractivity contribution in [3.05, 3.63) is 29.8 Å². The molecule has 1 saturated heterocycles. The fourth-order valence-corrected chi connectivity index (χ4v) is 7.06. The van der Waals surface area contributed by atoms with Crippen LogP contribution < -0.4 is 4.74 Å². The molecule has 0 spiro atoms. The Kier molecular flexibility index (Phi) is 29.2. The van der Waals surface area contributed by atoms with Gasteiger partial charge in [0, 0.05) is 20.3 Å². The summed E-state index contributed by atoms with van der Waals surface area (Å²) in [5.41, 5.74) is 1.03. The van der Waals surface area contributed by atoms with Crippen molar-refractivity contribution in [1.29, 1.82) is 0 Å². The molecular formula is C44H79NO7. The monoisotopic (exact) mass is 734 g/mol. The first kappa shape index (κ1) is 46.4. The fourth-order valence-electron chi connectivity index (χ4n) is 7.06. The lowest BCUT2D eigenvalue weighted by Crippen LogP contribution is -2.61. The van der Waals surface area contributed by atoms with Crippen LogP contribution in [0.5, 0.6) is 5.75 Å². The number of oxime groups is 1. The van der Waals surface area contributed by atoms with Gasteiger partial charge in [0.25, 0.3) is 0 Å². The number of hydrogen-bond donors (Lipinski definition) is 0. The fraction of sp³-hybridized carbons (Fsp3) is 0.841. The smallest absolute Gasteiger partial charge is 0.186 e. The number of hydrogen-bond acceptors (Lipinski definition) is 8. The average molecular weight is 734 g/mol. The van der Waals surface area contributed by atoms with E-state index in [1.165, 1.54) is 136 Å². The molecular weight excluding hydrogens is 654 g/mol. The molecule has 2 rings (SSSR count). The molecule has 1 aliphatic heterocycles. The van der Waals surface area contributed by atoms with Gasteiger partial charge in [-0.1, -0.05) is 172 Å². The molecule has 5 atom stereocenters. The molecule has 1 aliphatic rings. The van der Waals surface area contributed by atoms with Gasteiger partial charge < -0.3 is 33.3 Å². The first-order valence-corrected chi connectivity index (χ1v) is 21.4. The molecule has 0 bridgehead atoms. The van der Waals surface area contributed by atoms with E-state index >= 15 is 0 Å². The maximum atomic E-state index is 6.70. The van der Waals surface area contributed by atoms with Gasteiger partial charge in [-0.05, 0) is 30.5 Å². The summed E-state index contributed by atoms with van der Waals surface area (Å²) in [7, 11) is 4.87. The maximum absolute atomic E-state index is 6.70. The van der Waals surface area contributed by atoms with Gasteiger partial charge in [0.1, 0.15) is 37.3 Å².